The van der Waals surface area contributed by atoms with Gasteiger partial charge in [-0.3, -0.25) is 10.1 Å². The quantitative estimate of drug-likeness (QED) is 0.592. The van der Waals surface area contributed by atoms with E-state index in [1.54, 1.807) is 37.7 Å². The van der Waals surface area contributed by atoms with E-state index in [2.05, 4.69) is 15.3 Å². The zero-order valence-electron chi connectivity index (χ0n) is 15.7. The van der Waals surface area contributed by atoms with Gasteiger partial charge in [-0.25, -0.2) is 9.37 Å². The molecule has 0 saturated carbocycles. The minimum atomic E-state index is -0.924. The zero-order chi connectivity index (χ0) is 20.4. The summed E-state index contributed by atoms with van der Waals surface area (Å²) >= 11 is 0. The number of benzene rings is 2. The third-order valence-electron chi connectivity index (χ3n) is 4.96. The number of carboxylic acid groups (broad SMARTS) is 1. The van der Waals surface area contributed by atoms with E-state index in [4.69, 9.17) is 9.47 Å². The third kappa shape index (κ3) is 3.79. The van der Waals surface area contributed by atoms with Crippen molar-refractivity contribution in [2.75, 3.05) is 7.11 Å². The lowest BCUT2D eigenvalue weighted by molar-refractivity contribution is -0.139. The summed E-state index contributed by atoms with van der Waals surface area (Å²) in [4.78, 5) is 18.9. The third-order valence-corrected chi connectivity index (χ3v) is 4.96. The average Bonchev–Trinajstić information content (AvgIpc) is 3.21. The first-order valence-corrected chi connectivity index (χ1v) is 9.12. The molecule has 2 aromatic carbocycles. The Balaban J connectivity index is 1.64. The summed E-state index contributed by atoms with van der Waals surface area (Å²) in [5.41, 5.74) is 3.08. The van der Waals surface area contributed by atoms with E-state index in [1.807, 2.05) is 12.1 Å². The largest absolute Gasteiger partial charge is 0.496 e. The van der Waals surface area contributed by atoms with E-state index < -0.39 is 23.9 Å². The number of H-pyrrole nitrogens is 1. The average molecular weight is 397 g/mol. The minimum Gasteiger partial charge on any atom is -0.496 e. The molecule has 150 valence electrons. The summed E-state index contributed by atoms with van der Waals surface area (Å²) in [6, 6.07) is 10.6. The molecule has 7 nitrogen and oxygen atoms in total. The first-order chi connectivity index (χ1) is 14.1. The lowest BCUT2D eigenvalue weighted by atomic mass is 9.93. The van der Waals surface area contributed by atoms with Gasteiger partial charge in [-0.15, -0.1) is 0 Å². The maximum absolute atomic E-state index is 13.9. The monoisotopic (exact) mass is 397 g/mol. The Morgan fingerprint density at radius 3 is 2.86 bits per heavy atom. The molecule has 29 heavy (non-hydrogen) atoms. The van der Waals surface area contributed by atoms with Crippen LogP contribution < -0.4 is 14.8 Å². The van der Waals surface area contributed by atoms with E-state index in [9.17, 15) is 14.3 Å². The predicted molar refractivity (Wildman–Crippen MR) is 102 cm³/mol. The summed E-state index contributed by atoms with van der Waals surface area (Å²) < 4.78 is 24.9. The second kappa shape index (κ2) is 7.92. The van der Waals surface area contributed by atoms with Gasteiger partial charge >= 0.3 is 5.97 Å². The molecule has 4 rings (SSSR count). The minimum absolute atomic E-state index is 0.0977. The molecule has 1 aliphatic heterocycles. The summed E-state index contributed by atoms with van der Waals surface area (Å²) in [6.45, 7) is 0.0977. The van der Waals surface area contributed by atoms with Crippen molar-refractivity contribution < 1.29 is 23.8 Å². The van der Waals surface area contributed by atoms with Gasteiger partial charge < -0.3 is 19.6 Å². The Bertz CT molecular complexity index is 1040. The number of carboxylic acids is 1. The van der Waals surface area contributed by atoms with E-state index in [-0.39, 0.29) is 12.4 Å². The van der Waals surface area contributed by atoms with Crippen LogP contribution in [-0.4, -0.2) is 34.2 Å². The molecule has 1 aliphatic rings. The van der Waals surface area contributed by atoms with Gasteiger partial charge in [0.15, 0.2) is 11.6 Å². The molecule has 3 aromatic rings. The maximum atomic E-state index is 13.9. The number of rotatable bonds is 6. The molecule has 8 heteroatoms. The van der Waals surface area contributed by atoms with Gasteiger partial charge in [-0.05, 0) is 29.8 Å². The number of aromatic amines is 1. The van der Waals surface area contributed by atoms with Crippen LogP contribution in [0.2, 0.25) is 0 Å². The highest BCUT2D eigenvalue weighted by Crippen LogP contribution is 2.32. The molecular formula is C21H20FN3O4. The first kappa shape index (κ1) is 18.9. The van der Waals surface area contributed by atoms with Crippen molar-refractivity contribution >= 4 is 5.97 Å². The number of imidazole rings is 1. The molecule has 3 N–H and O–H groups in total. The van der Waals surface area contributed by atoms with Crippen molar-refractivity contribution in [1.82, 2.24) is 15.3 Å². The molecule has 2 heterocycles. The second-order valence-electron chi connectivity index (χ2n) is 6.75. The SMILES string of the molecule is COc1ccc(C2NC(C(=O)O)Cc3[nH]cnc32)cc1COc1ccccc1F. The van der Waals surface area contributed by atoms with Crippen molar-refractivity contribution in [3.8, 4) is 11.5 Å². The van der Waals surface area contributed by atoms with Gasteiger partial charge in [-0.2, -0.15) is 0 Å². The first-order valence-electron chi connectivity index (χ1n) is 9.12. The summed E-state index contributed by atoms with van der Waals surface area (Å²) in [5, 5.41) is 12.6. The number of aliphatic carboxylic acids is 1. The van der Waals surface area contributed by atoms with Gasteiger partial charge in [0.1, 0.15) is 18.4 Å². The molecule has 0 radical (unpaired) electrons. The van der Waals surface area contributed by atoms with E-state index in [0.717, 1.165) is 17.0 Å². The molecule has 0 fully saturated rings. The number of ether oxygens (including phenoxy) is 2. The Labute approximate surface area is 166 Å². The Kier molecular flexibility index (Phi) is 5.18. The fourth-order valence-corrected chi connectivity index (χ4v) is 3.51. The molecule has 2 unspecified atom stereocenters. The molecule has 0 amide bonds. The molecule has 0 saturated heterocycles. The molecule has 1 aromatic heterocycles. The maximum Gasteiger partial charge on any atom is 0.321 e. The van der Waals surface area contributed by atoms with Crippen molar-refractivity contribution in [1.29, 1.82) is 0 Å². The Hall–Kier alpha value is -3.39. The van der Waals surface area contributed by atoms with Crippen LogP contribution >= 0.6 is 0 Å². The number of fused-ring (bicyclic) bond motifs is 1. The van der Waals surface area contributed by atoms with Crippen molar-refractivity contribution in [3.63, 3.8) is 0 Å². The number of nitrogens with one attached hydrogen (secondary N) is 2. The molecule has 0 spiro atoms. The van der Waals surface area contributed by atoms with Crippen LogP contribution in [0, 0.1) is 5.82 Å². The van der Waals surface area contributed by atoms with Crippen molar-refractivity contribution in [2.45, 2.75) is 25.1 Å². The van der Waals surface area contributed by atoms with Crippen molar-refractivity contribution in [2.24, 2.45) is 0 Å². The van der Waals surface area contributed by atoms with Crippen LogP contribution in [0.1, 0.15) is 28.6 Å². The van der Waals surface area contributed by atoms with Gasteiger partial charge in [0, 0.05) is 17.7 Å². The van der Waals surface area contributed by atoms with Crippen LogP contribution in [0.25, 0.3) is 0 Å². The van der Waals surface area contributed by atoms with Crippen LogP contribution in [0.4, 0.5) is 4.39 Å². The normalized spacial score (nSPS) is 18.1. The van der Waals surface area contributed by atoms with Gasteiger partial charge in [0.2, 0.25) is 0 Å². The lowest BCUT2D eigenvalue weighted by Gasteiger charge is -2.28. The summed E-state index contributed by atoms with van der Waals surface area (Å²) in [5.74, 6) is -0.622. The fourth-order valence-electron chi connectivity index (χ4n) is 3.51. The van der Waals surface area contributed by atoms with E-state index in [1.165, 1.54) is 6.07 Å². The number of hydrogen-bond acceptors (Lipinski definition) is 5. The van der Waals surface area contributed by atoms with E-state index >= 15 is 0 Å². The number of para-hydroxylation sites is 1. The standard InChI is InChI=1S/C21H20FN3O4/c1-28-17-7-6-12(8-13(17)10-29-18-5-3-2-4-14(18)22)19-20-15(23-11-24-20)9-16(25-19)21(26)27/h2-8,11,16,19,25H,9-10H2,1H3,(H,23,24)(H,26,27). The zero-order valence-corrected chi connectivity index (χ0v) is 15.7. The predicted octanol–water partition coefficient (Wildman–Crippen LogP) is 2.82. The van der Waals surface area contributed by atoms with Gasteiger partial charge in [0.05, 0.1) is 25.2 Å². The molecule has 0 aliphatic carbocycles. The molecule has 0 bridgehead atoms. The van der Waals surface area contributed by atoms with Crippen LogP contribution in [0.15, 0.2) is 48.8 Å². The highest BCUT2D eigenvalue weighted by Gasteiger charge is 2.33. The topological polar surface area (TPSA) is 96.5 Å². The Morgan fingerprint density at radius 1 is 1.28 bits per heavy atom. The van der Waals surface area contributed by atoms with Crippen LogP contribution in [0.3, 0.4) is 0 Å². The smallest absolute Gasteiger partial charge is 0.321 e. The summed E-state index contributed by atoms with van der Waals surface area (Å²) in [7, 11) is 1.55. The van der Waals surface area contributed by atoms with Gasteiger partial charge in [0.25, 0.3) is 0 Å². The number of nitrogens with zero attached hydrogens (tertiary/aromatic N) is 1. The fraction of sp³-hybridized carbons (Fsp3) is 0.238. The lowest BCUT2D eigenvalue weighted by Crippen LogP contribution is -2.45. The second-order valence-corrected chi connectivity index (χ2v) is 6.75. The number of carbonyl (C=O) groups is 1. The molecular weight excluding hydrogens is 377 g/mol. The molecule has 2 atom stereocenters. The number of hydrogen-bond donors (Lipinski definition) is 3. The summed E-state index contributed by atoms with van der Waals surface area (Å²) in [6.07, 6.45) is 1.90. The van der Waals surface area contributed by atoms with E-state index in [0.29, 0.717) is 17.7 Å². The highest BCUT2D eigenvalue weighted by molar-refractivity contribution is 5.74. The number of aromatic nitrogens is 2. The Morgan fingerprint density at radius 2 is 2.10 bits per heavy atom. The van der Waals surface area contributed by atoms with Crippen LogP contribution in [0.5, 0.6) is 11.5 Å². The number of halogens is 1. The van der Waals surface area contributed by atoms with Gasteiger partial charge in [-0.1, -0.05) is 18.2 Å². The van der Waals surface area contributed by atoms with Crippen LogP contribution in [-0.2, 0) is 17.8 Å². The van der Waals surface area contributed by atoms with Crippen molar-refractivity contribution in [3.05, 3.63) is 77.1 Å². The number of methoxy groups -OCH3 is 1. The highest BCUT2D eigenvalue weighted by atomic mass is 19.1.